The van der Waals surface area contributed by atoms with Gasteiger partial charge in [0.15, 0.2) is 10.8 Å². The summed E-state index contributed by atoms with van der Waals surface area (Å²) in [6.45, 7) is 6.48. The predicted octanol–water partition coefficient (Wildman–Crippen LogP) is 2.56. The molecule has 1 aliphatic rings. The molecule has 3 aromatic rings. The summed E-state index contributed by atoms with van der Waals surface area (Å²) >= 11 is 1.58. The molecule has 0 bridgehead atoms. The van der Waals surface area contributed by atoms with E-state index in [0.29, 0.717) is 60.4 Å². The third-order valence-electron chi connectivity index (χ3n) is 5.90. The zero-order valence-electron chi connectivity index (χ0n) is 21.6. The van der Waals surface area contributed by atoms with Crippen molar-refractivity contribution in [3.05, 3.63) is 30.5 Å². The first-order valence-electron chi connectivity index (χ1n) is 12.2. The van der Waals surface area contributed by atoms with Crippen LogP contribution in [0.4, 0.5) is 11.5 Å². The lowest BCUT2D eigenvalue weighted by molar-refractivity contribution is -0.126. The number of fused-ring (bicyclic) bond motifs is 1. The lowest BCUT2D eigenvalue weighted by Crippen LogP contribution is -2.35. The third kappa shape index (κ3) is 6.50. The van der Waals surface area contributed by atoms with E-state index in [-0.39, 0.29) is 18.2 Å². The lowest BCUT2D eigenvalue weighted by atomic mass is 10.1. The minimum atomic E-state index is -0.416. The van der Waals surface area contributed by atoms with Crippen LogP contribution in [-0.4, -0.2) is 77.3 Å². The number of hydrogen-bond acceptors (Lipinski definition) is 9. The van der Waals surface area contributed by atoms with Crippen LogP contribution >= 0.6 is 11.8 Å². The summed E-state index contributed by atoms with van der Waals surface area (Å²) in [5.41, 5.74) is 1.43. The number of ether oxygens (including phenoxy) is 2. The zero-order valence-corrected chi connectivity index (χ0v) is 22.4. The Hall–Kier alpha value is -3.38. The van der Waals surface area contributed by atoms with E-state index in [1.165, 1.54) is 0 Å². The molecule has 0 saturated carbocycles. The first kappa shape index (κ1) is 26.7. The lowest BCUT2D eigenvalue weighted by Gasteiger charge is -2.17. The topological polar surface area (TPSA) is 124 Å². The molecule has 12 heteroatoms. The number of nitrogens with one attached hydrogen (secondary N) is 2. The average Bonchev–Trinajstić information content (AvgIpc) is 3.47. The molecule has 2 amide bonds. The molecule has 1 saturated heterocycles. The molecular formula is C25H33N7O4S. The summed E-state index contributed by atoms with van der Waals surface area (Å²) in [6.07, 6.45) is 1.91. The second-order valence-electron chi connectivity index (χ2n) is 8.94. The Kier molecular flexibility index (Phi) is 8.82. The molecule has 2 N–H and O–H groups in total. The first-order chi connectivity index (χ1) is 17.9. The van der Waals surface area contributed by atoms with E-state index in [1.807, 2.05) is 18.2 Å². The van der Waals surface area contributed by atoms with Gasteiger partial charge in [-0.1, -0.05) is 31.7 Å². The van der Waals surface area contributed by atoms with Crippen LogP contribution in [-0.2, 0) is 20.9 Å². The van der Waals surface area contributed by atoms with Crippen LogP contribution in [0.15, 0.2) is 35.6 Å². The van der Waals surface area contributed by atoms with Gasteiger partial charge in [-0.25, -0.2) is 14.6 Å². The van der Waals surface area contributed by atoms with Crippen LogP contribution in [0.3, 0.4) is 0 Å². The highest BCUT2D eigenvalue weighted by atomic mass is 32.2. The number of amides is 2. The van der Waals surface area contributed by atoms with Gasteiger partial charge in [-0.2, -0.15) is 5.10 Å². The summed E-state index contributed by atoms with van der Waals surface area (Å²) in [7, 11) is 3.24. The van der Waals surface area contributed by atoms with Crippen LogP contribution in [0.5, 0.6) is 5.75 Å². The SMILES string of the molecule is COCCNc1nc(SC(C)C)nc2c1cnn2CCNC(=O)C1CC(=O)N(c2cccc(OC)c2)C1. The predicted molar refractivity (Wildman–Crippen MR) is 143 cm³/mol. The summed E-state index contributed by atoms with van der Waals surface area (Å²) < 4.78 is 12.2. The monoisotopic (exact) mass is 527 g/mol. The van der Waals surface area contributed by atoms with Crippen LogP contribution < -0.4 is 20.3 Å². The average molecular weight is 528 g/mol. The van der Waals surface area contributed by atoms with E-state index in [4.69, 9.17) is 14.5 Å². The van der Waals surface area contributed by atoms with E-state index < -0.39 is 5.92 Å². The number of thioether (sulfide) groups is 1. The molecule has 198 valence electrons. The van der Waals surface area contributed by atoms with Crippen LogP contribution in [0, 0.1) is 5.92 Å². The molecular weight excluding hydrogens is 494 g/mol. The van der Waals surface area contributed by atoms with Crippen LogP contribution in [0.2, 0.25) is 0 Å². The van der Waals surface area contributed by atoms with Crippen LogP contribution in [0.25, 0.3) is 11.0 Å². The van der Waals surface area contributed by atoms with Gasteiger partial charge in [0.25, 0.3) is 0 Å². The first-order valence-corrected chi connectivity index (χ1v) is 13.1. The van der Waals surface area contributed by atoms with Gasteiger partial charge in [0.2, 0.25) is 11.8 Å². The van der Waals surface area contributed by atoms with Gasteiger partial charge in [0.1, 0.15) is 11.6 Å². The minimum absolute atomic E-state index is 0.0770. The fourth-order valence-corrected chi connectivity index (χ4v) is 4.81. The number of aromatic nitrogens is 4. The van der Waals surface area contributed by atoms with E-state index in [0.717, 1.165) is 11.1 Å². The van der Waals surface area contributed by atoms with Crippen molar-refractivity contribution in [1.29, 1.82) is 0 Å². The van der Waals surface area contributed by atoms with Gasteiger partial charge in [0.05, 0.1) is 37.8 Å². The molecule has 0 aliphatic carbocycles. The van der Waals surface area contributed by atoms with E-state index in [2.05, 4.69) is 34.6 Å². The van der Waals surface area contributed by atoms with Crippen molar-refractivity contribution >= 4 is 46.1 Å². The number of anilines is 2. The van der Waals surface area contributed by atoms with E-state index in [1.54, 1.807) is 47.8 Å². The molecule has 1 fully saturated rings. The second kappa shape index (κ2) is 12.2. The molecule has 1 atom stereocenters. The highest BCUT2D eigenvalue weighted by molar-refractivity contribution is 7.99. The molecule has 4 rings (SSSR count). The normalized spacial score (nSPS) is 15.5. The Morgan fingerprint density at radius 3 is 2.84 bits per heavy atom. The van der Waals surface area contributed by atoms with Crippen molar-refractivity contribution in [2.24, 2.45) is 5.92 Å². The van der Waals surface area contributed by atoms with Crippen LogP contribution in [0.1, 0.15) is 20.3 Å². The number of hydrogen-bond donors (Lipinski definition) is 2. The molecule has 11 nitrogen and oxygen atoms in total. The summed E-state index contributed by atoms with van der Waals surface area (Å²) in [5.74, 6) is 0.735. The van der Waals surface area contributed by atoms with Crippen molar-refractivity contribution in [2.75, 3.05) is 50.7 Å². The van der Waals surface area contributed by atoms with Crippen molar-refractivity contribution in [2.45, 2.75) is 37.2 Å². The fraction of sp³-hybridized carbons (Fsp3) is 0.480. The minimum Gasteiger partial charge on any atom is -0.497 e. The van der Waals surface area contributed by atoms with Gasteiger partial charge in [-0.05, 0) is 12.1 Å². The third-order valence-corrected chi connectivity index (χ3v) is 6.76. The molecule has 1 aromatic carbocycles. The van der Waals surface area contributed by atoms with Gasteiger partial charge in [0, 0.05) is 50.2 Å². The summed E-state index contributed by atoms with van der Waals surface area (Å²) in [5, 5.41) is 12.5. The van der Waals surface area contributed by atoms with Crippen molar-refractivity contribution in [3.63, 3.8) is 0 Å². The van der Waals surface area contributed by atoms with Crippen molar-refractivity contribution < 1.29 is 19.1 Å². The molecule has 3 heterocycles. The number of carbonyl (C=O) groups is 2. The maximum absolute atomic E-state index is 12.9. The number of benzene rings is 1. The maximum atomic E-state index is 12.9. The van der Waals surface area contributed by atoms with Crippen molar-refractivity contribution in [1.82, 2.24) is 25.1 Å². The van der Waals surface area contributed by atoms with Gasteiger partial charge >= 0.3 is 0 Å². The number of methoxy groups -OCH3 is 2. The standard InChI is InChI=1S/C25H33N7O4S/c1-16(2)37-25-29-22(26-9-11-35-3)20-14-28-32(23(20)30-25)10-8-27-24(34)17-12-21(33)31(15-17)18-6-5-7-19(13-18)36-4/h5-7,13-14,16-17H,8-12,15H2,1-4H3,(H,27,34)(H,26,29,30). The smallest absolute Gasteiger partial charge is 0.227 e. The molecule has 2 aromatic heterocycles. The molecule has 0 radical (unpaired) electrons. The van der Waals surface area contributed by atoms with E-state index >= 15 is 0 Å². The summed E-state index contributed by atoms with van der Waals surface area (Å²) in [6, 6.07) is 7.29. The zero-order chi connectivity index (χ0) is 26.4. The molecule has 1 aliphatic heterocycles. The van der Waals surface area contributed by atoms with Gasteiger partial charge in [-0.15, -0.1) is 0 Å². The Morgan fingerprint density at radius 1 is 1.24 bits per heavy atom. The molecule has 0 spiro atoms. The Labute approximate surface area is 220 Å². The molecule has 37 heavy (non-hydrogen) atoms. The maximum Gasteiger partial charge on any atom is 0.227 e. The number of nitrogens with zero attached hydrogens (tertiary/aromatic N) is 5. The number of carbonyl (C=O) groups excluding carboxylic acids is 2. The van der Waals surface area contributed by atoms with Gasteiger partial charge in [-0.3, -0.25) is 9.59 Å². The quantitative estimate of drug-likeness (QED) is 0.208. The highest BCUT2D eigenvalue weighted by Crippen LogP contribution is 2.28. The molecule has 1 unspecified atom stereocenters. The Balaban J connectivity index is 1.40. The highest BCUT2D eigenvalue weighted by Gasteiger charge is 2.35. The van der Waals surface area contributed by atoms with Crippen molar-refractivity contribution in [3.8, 4) is 5.75 Å². The Bertz CT molecular complexity index is 1250. The fourth-order valence-electron chi connectivity index (χ4n) is 4.11. The van der Waals surface area contributed by atoms with Gasteiger partial charge < -0.3 is 25.0 Å². The summed E-state index contributed by atoms with van der Waals surface area (Å²) in [4.78, 5) is 36.5. The largest absolute Gasteiger partial charge is 0.497 e. The second-order valence-corrected chi connectivity index (χ2v) is 10.5. The van der Waals surface area contributed by atoms with E-state index in [9.17, 15) is 9.59 Å². The Morgan fingerprint density at radius 2 is 2.08 bits per heavy atom. The number of rotatable bonds is 12.